The monoisotopic (exact) mass is 438 g/mol. The second-order valence-electron chi connectivity index (χ2n) is 5.69. The summed E-state index contributed by atoms with van der Waals surface area (Å²) in [5.74, 6) is -7.96. The first-order valence-electron chi connectivity index (χ1n) is 7.97. The summed E-state index contributed by atoms with van der Waals surface area (Å²) in [6, 6.07) is -6.28. The number of carbonyl (C=O) groups excluding carboxylic acids is 3. The average molecular weight is 438 g/mol. The van der Waals surface area contributed by atoms with Crippen molar-refractivity contribution < 1.29 is 49.2 Å². The summed E-state index contributed by atoms with van der Waals surface area (Å²) in [6.07, 6.45) is -1.64. The number of carboxylic acids is 3. The maximum Gasteiger partial charge on any atom is 0.326 e. The van der Waals surface area contributed by atoms with E-state index in [4.69, 9.17) is 21.1 Å². The quantitative estimate of drug-likeness (QED) is 0.124. The molecule has 0 aliphatic rings. The van der Waals surface area contributed by atoms with Gasteiger partial charge in [-0.1, -0.05) is 0 Å². The van der Waals surface area contributed by atoms with Gasteiger partial charge in [0.15, 0.2) is 0 Å². The van der Waals surface area contributed by atoms with Crippen LogP contribution in [0.25, 0.3) is 0 Å². The summed E-state index contributed by atoms with van der Waals surface area (Å²) in [6.45, 7) is -0.922. The van der Waals surface area contributed by atoms with Gasteiger partial charge < -0.3 is 42.1 Å². The van der Waals surface area contributed by atoms with Crippen molar-refractivity contribution in [1.29, 1.82) is 0 Å². The van der Waals surface area contributed by atoms with E-state index in [0.29, 0.717) is 0 Å². The predicted molar refractivity (Wildman–Crippen MR) is 96.8 cm³/mol. The van der Waals surface area contributed by atoms with Gasteiger partial charge in [-0.3, -0.25) is 24.0 Å². The van der Waals surface area contributed by atoms with Gasteiger partial charge in [-0.25, -0.2) is 4.79 Å². The molecule has 0 heterocycles. The zero-order chi connectivity index (χ0) is 22.7. The summed E-state index contributed by atoms with van der Waals surface area (Å²) in [7, 11) is 0. The Labute approximate surface area is 169 Å². The number of aliphatic carboxylic acids is 3. The number of thiol groups is 1. The third-order valence-corrected chi connectivity index (χ3v) is 3.72. The van der Waals surface area contributed by atoms with Gasteiger partial charge in [0.05, 0.1) is 25.5 Å². The summed E-state index contributed by atoms with van der Waals surface area (Å²) in [5, 5.41) is 41.5. The van der Waals surface area contributed by atoms with E-state index in [9.17, 15) is 33.9 Å². The lowest BCUT2D eigenvalue weighted by Gasteiger charge is -2.23. The number of amides is 3. The highest BCUT2D eigenvalue weighted by molar-refractivity contribution is 7.80. The lowest BCUT2D eigenvalue weighted by Crippen LogP contribution is -2.58. The molecule has 0 aromatic rings. The van der Waals surface area contributed by atoms with Gasteiger partial charge in [-0.15, -0.1) is 0 Å². The van der Waals surface area contributed by atoms with E-state index >= 15 is 0 Å². The Hall–Kier alpha value is -2.91. The number of nitrogens with two attached hydrogens (primary N) is 1. The summed E-state index contributed by atoms with van der Waals surface area (Å²) in [5.41, 5.74) is 5.33. The molecule has 0 aromatic heterocycles. The first-order chi connectivity index (χ1) is 13.4. The molecule has 0 saturated heterocycles. The number of carbonyl (C=O) groups is 6. The maximum atomic E-state index is 12.2. The van der Waals surface area contributed by atoms with E-state index in [1.807, 2.05) is 10.6 Å². The van der Waals surface area contributed by atoms with Crippen LogP contribution in [0.4, 0.5) is 0 Å². The van der Waals surface area contributed by atoms with Crippen molar-refractivity contribution in [3.05, 3.63) is 0 Å². The fourth-order valence-electron chi connectivity index (χ4n) is 1.87. The average Bonchev–Trinajstić information content (AvgIpc) is 2.61. The van der Waals surface area contributed by atoms with Crippen molar-refractivity contribution >= 4 is 48.3 Å². The normalized spacial score (nSPS) is 14.6. The Kier molecular flexibility index (Phi) is 11.3. The van der Waals surface area contributed by atoms with E-state index in [0.717, 1.165) is 0 Å². The van der Waals surface area contributed by atoms with Gasteiger partial charge in [-0.2, -0.15) is 12.6 Å². The van der Waals surface area contributed by atoms with E-state index in [1.54, 1.807) is 0 Å². The molecule has 0 radical (unpaired) electrons. The van der Waals surface area contributed by atoms with Gasteiger partial charge in [-0.05, 0) is 0 Å². The Bertz CT molecular complexity index is 658. The van der Waals surface area contributed by atoms with E-state index in [-0.39, 0.29) is 5.75 Å². The number of carboxylic acid groups (broad SMARTS) is 3. The van der Waals surface area contributed by atoms with Crippen molar-refractivity contribution in [3.8, 4) is 0 Å². The molecule has 0 fully saturated rings. The summed E-state index contributed by atoms with van der Waals surface area (Å²) >= 11 is 3.84. The molecule has 0 spiro atoms. The fourth-order valence-corrected chi connectivity index (χ4v) is 2.12. The van der Waals surface area contributed by atoms with Gasteiger partial charge >= 0.3 is 17.9 Å². The van der Waals surface area contributed by atoms with Crippen LogP contribution in [-0.4, -0.2) is 92.6 Å². The molecule has 164 valence electrons. The third-order valence-electron chi connectivity index (χ3n) is 3.36. The minimum absolute atomic E-state index is 0.332. The number of aliphatic hydroxyl groups excluding tert-OH is 1. The largest absolute Gasteiger partial charge is 0.481 e. The van der Waals surface area contributed by atoms with Crippen LogP contribution in [0, 0.1) is 0 Å². The molecule has 0 bridgehead atoms. The van der Waals surface area contributed by atoms with E-state index in [2.05, 4.69) is 17.9 Å². The summed E-state index contributed by atoms with van der Waals surface area (Å²) in [4.78, 5) is 68.2. The van der Waals surface area contributed by atoms with Crippen molar-refractivity contribution in [3.63, 3.8) is 0 Å². The Morgan fingerprint density at radius 2 is 1.21 bits per heavy atom. The van der Waals surface area contributed by atoms with Crippen LogP contribution in [0.2, 0.25) is 0 Å². The number of nitrogens with one attached hydrogen (secondary N) is 3. The molecule has 15 heteroatoms. The number of rotatable bonds is 13. The van der Waals surface area contributed by atoms with Crippen LogP contribution in [-0.2, 0) is 28.8 Å². The fraction of sp³-hybridized carbons (Fsp3) is 0.571. The van der Waals surface area contributed by atoms with Crippen molar-refractivity contribution in [1.82, 2.24) is 16.0 Å². The number of aliphatic hydroxyl groups is 1. The molecule has 0 aliphatic carbocycles. The molecule has 9 N–H and O–H groups in total. The lowest BCUT2D eigenvalue weighted by atomic mass is 10.1. The highest BCUT2D eigenvalue weighted by Gasteiger charge is 2.30. The molecule has 0 saturated carbocycles. The van der Waals surface area contributed by atoms with Crippen LogP contribution in [0.5, 0.6) is 0 Å². The zero-order valence-corrected chi connectivity index (χ0v) is 15.8. The molecular formula is C14H22N4O10S. The minimum atomic E-state index is -1.76. The van der Waals surface area contributed by atoms with Gasteiger partial charge in [0.2, 0.25) is 17.7 Å². The van der Waals surface area contributed by atoms with Gasteiger partial charge in [0.1, 0.15) is 18.1 Å². The second-order valence-corrected chi connectivity index (χ2v) is 6.05. The highest BCUT2D eigenvalue weighted by atomic mass is 32.1. The lowest BCUT2D eigenvalue weighted by molar-refractivity contribution is -0.147. The van der Waals surface area contributed by atoms with Gasteiger partial charge in [0, 0.05) is 5.75 Å². The smallest absolute Gasteiger partial charge is 0.326 e. The summed E-state index contributed by atoms with van der Waals surface area (Å²) < 4.78 is 0. The predicted octanol–water partition coefficient (Wildman–Crippen LogP) is -4.28. The molecule has 0 aliphatic heterocycles. The Morgan fingerprint density at radius 3 is 1.62 bits per heavy atom. The first-order valence-corrected chi connectivity index (χ1v) is 8.60. The van der Waals surface area contributed by atoms with E-state index < -0.39 is 79.2 Å². The maximum absolute atomic E-state index is 12.2. The standard InChI is InChI=1S/C14H22N4O10S/c15-5(1-9(20)21)11(24)17-7(3-19)12(25)18-8(4-29)13(26)16-6(14(27)28)2-10(22)23/h5-8,19,29H,1-4,15H2,(H,16,26)(H,17,24)(H,18,25)(H,20,21)(H,22,23)(H,27,28). The molecule has 4 unspecified atom stereocenters. The SMILES string of the molecule is NC(CC(=O)O)C(=O)NC(CO)C(=O)NC(CS)C(=O)NC(CC(=O)O)C(=O)O. The molecule has 4 atom stereocenters. The second kappa shape index (κ2) is 12.5. The molecule has 14 nitrogen and oxygen atoms in total. The molecule has 3 amide bonds. The Morgan fingerprint density at radius 1 is 0.759 bits per heavy atom. The van der Waals surface area contributed by atoms with Crippen LogP contribution < -0.4 is 21.7 Å². The Balaban J connectivity index is 5.02. The van der Waals surface area contributed by atoms with Crippen LogP contribution >= 0.6 is 12.6 Å². The zero-order valence-electron chi connectivity index (χ0n) is 14.9. The number of hydrogen-bond acceptors (Lipinski definition) is 9. The molecule has 0 aromatic carbocycles. The van der Waals surface area contributed by atoms with Crippen LogP contribution in [0.1, 0.15) is 12.8 Å². The molecule has 29 heavy (non-hydrogen) atoms. The van der Waals surface area contributed by atoms with Crippen LogP contribution in [0.3, 0.4) is 0 Å². The topological polar surface area (TPSA) is 245 Å². The number of hydrogen-bond donors (Lipinski definition) is 9. The van der Waals surface area contributed by atoms with Crippen molar-refractivity contribution in [2.75, 3.05) is 12.4 Å². The van der Waals surface area contributed by atoms with Crippen LogP contribution in [0.15, 0.2) is 0 Å². The first kappa shape index (κ1) is 26.1. The van der Waals surface area contributed by atoms with Crippen molar-refractivity contribution in [2.45, 2.75) is 37.0 Å². The van der Waals surface area contributed by atoms with Gasteiger partial charge in [0.25, 0.3) is 0 Å². The van der Waals surface area contributed by atoms with E-state index in [1.165, 1.54) is 0 Å². The molecular weight excluding hydrogens is 416 g/mol. The minimum Gasteiger partial charge on any atom is -0.481 e. The highest BCUT2D eigenvalue weighted by Crippen LogP contribution is 1.98. The van der Waals surface area contributed by atoms with Crippen molar-refractivity contribution in [2.24, 2.45) is 5.73 Å². The molecule has 0 rings (SSSR count). The third kappa shape index (κ3) is 9.72.